The van der Waals surface area contributed by atoms with Crippen LogP contribution in [0.2, 0.25) is 0 Å². The predicted octanol–water partition coefficient (Wildman–Crippen LogP) is 1.58. The summed E-state index contributed by atoms with van der Waals surface area (Å²) in [5.41, 5.74) is 6.66. The molecule has 2 aromatic rings. The van der Waals surface area contributed by atoms with Crippen molar-refractivity contribution in [1.82, 2.24) is 19.7 Å². The van der Waals surface area contributed by atoms with E-state index in [4.69, 9.17) is 5.73 Å². The minimum absolute atomic E-state index is 0.417. The summed E-state index contributed by atoms with van der Waals surface area (Å²) in [6.07, 6.45) is 0.997. The van der Waals surface area contributed by atoms with Gasteiger partial charge < -0.3 is 10.3 Å². The third kappa shape index (κ3) is 2.85. The summed E-state index contributed by atoms with van der Waals surface area (Å²) in [6, 6.07) is 0. The Kier molecular flexibility index (Phi) is 4.14. The van der Waals surface area contributed by atoms with Crippen LogP contribution in [0.1, 0.15) is 23.4 Å². The summed E-state index contributed by atoms with van der Waals surface area (Å²) in [5.74, 6) is 1.63. The molecule has 0 atom stereocenters. The number of thiazole rings is 1. The Bertz CT molecular complexity index is 491. The van der Waals surface area contributed by atoms with Gasteiger partial charge in [-0.25, -0.2) is 4.98 Å². The van der Waals surface area contributed by atoms with Crippen LogP contribution in [0, 0.1) is 0 Å². The molecule has 0 bridgehead atoms. The van der Waals surface area contributed by atoms with Gasteiger partial charge in [0, 0.05) is 18.2 Å². The predicted molar refractivity (Wildman–Crippen MR) is 69.9 cm³/mol. The van der Waals surface area contributed by atoms with Crippen LogP contribution in [0.3, 0.4) is 0 Å². The summed E-state index contributed by atoms with van der Waals surface area (Å²) >= 11 is 3.35. The summed E-state index contributed by atoms with van der Waals surface area (Å²) in [7, 11) is 1.93. The lowest BCUT2D eigenvalue weighted by molar-refractivity contribution is 0.734. The fraction of sp³-hybridized carbons (Fsp3) is 0.500. The van der Waals surface area contributed by atoms with E-state index in [-0.39, 0.29) is 0 Å². The first-order valence-electron chi connectivity index (χ1n) is 5.39. The van der Waals surface area contributed by atoms with Crippen molar-refractivity contribution in [2.45, 2.75) is 30.8 Å². The number of aromatic nitrogens is 4. The number of nitrogens with two attached hydrogens (primary N) is 1. The molecule has 7 heteroatoms. The number of nitrogens with zero attached hydrogens (tertiary/aromatic N) is 4. The Morgan fingerprint density at radius 1 is 1.47 bits per heavy atom. The Hall–Kier alpha value is -0.920. The van der Waals surface area contributed by atoms with Crippen molar-refractivity contribution >= 4 is 23.1 Å². The van der Waals surface area contributed by atoms with E-state index >= 15 is 0 Å². The van der Waals surface area contributed by atoms with E-state index in [9.17, 15) is 0 Å². The lowest BCUT2D eigenvalue weighted by atomic mass is 10.5. The highest BCUT2D eigenvalue weighted by Gasteiger charge is 2.09. The molecule has 0 radical (unpaired) electrons. The Labute approximate surface area is 108 Å². The second-order valence-electron chi connectivity index (χ2n) is 3.54. The highest BCUT2D eigenvalue weighted by molar-refractivity contribution is 7.98. The van der Waals surface area contributed by atoms with Crippen molar-refractivity contribution in [2.75, 3.05) is 0 Å². The van der Waals surface area contributed by atoms with Gasteiger partial charge in [-0.15, -0.1) is 21.5 Å². The maximum atomic E-state index is 5.55. The lowest BCUT2D eigenvalue weighted by Gasteiger charge is -2.00. The van der Waals surface area contributed by atoms with Crippen LogP contribution in [-0.4, -0.2) is 19.7 Å². The van der Waals surface area contributed by atoms with Crippen molar-refractivity contribution < 1.29 is 0 Å². The molecule has 0 aromatic carbocycles. The summed E-state index contributed by atoms with van der Waals surface area (Å²) in [5, 5.41) is 12.3. The second-order valence-corrected chi connectivity index (χ2v) is 5.42. The number of rotatable bonds is 5. The average Bonchev–Trinajstić information content (AvgIpc) is 2.93. The molecular weight excluding hydrogens is 254 g/mol. The summed E-state index contributed by atoms with van der Waals surface area (Å²) in [6.45, 7) is 2.53. The molecule has 0 saturated carbocycles. The van der Waals surface area contributed by atoms with E-state index in [0.717, 1.165) is 28.8 Å². The first-order valence-corrected chi connectivity index (χ1v) is 7.25. The monoisotopic (exact) mass is 269 g/mol. The van der Waals surface area contributed by atoms with Crippen molar-refractivity contribution in [2.24, 2.45) is 12.8 Å². The zero-order chi connectivity index (χ0) is 12.3. The van der Waals surface area contributed by atoms with Crippen molar-refractivity contribution in [1.29, 1.82) is 0 Å². The molecule has 0 unspecified atom stereocenters. The first-order chi connectivity index (χ1) is 8.24. The Balaban J connectivity index is 1.99. The van der Waals surface area contributed by atoms with Crippen LogP contribution >= 0.6 is 23.1 Å². The third-order valence-electron chi connectivity index (χ3n) is 2.36. The highest BCUT2D eigenvalue weighted by Crippen LogP contribution is 2.22. The SMILES string of the molecule is CCc1nc(CSc2nnc(CN)n2C)cs1. The fourth-order valence-corrected chi connectivity index (χ4v) is 3.04. The maximum Gasteiger partial charge on any atom is 0.191 e. The number of thioether (sulfide) groups is 1. The molecule has 0 aliphatic carbocycles. The average molecular weight is 269 g/mol. The molecule has 0 aliphatic heterocycles. The smallest absolute Gasteiger partial charge is 0.191 e. The van der Waals surface area contributed by atoms with Crippen LogP contribution in [0.5, 0.6) is 0 Å². The van der Waals surface area contributed by atoms with Gasteiger partial charge in [-0.2, -0.15) is 0 Å². The fourth-order valence-electron chi connectivity index (χ4n) is 1.36. The molecule has 2 heterocycles. The minimum atomic E-state index is 0.417. The van der Waals surface area contributed by atoms with E-state index in [1.165, 1.54) is 5.01 Å². The van der Waals surface area contributed by atoms with Gasteiger partial charge in [0.2, 0.25) is 0 Å². The van der Waals surface area contributed by atoms with E-state index in [0.29, 0.717) is 6.54 Å². The molecule has 2 N–H and O–H groups in total. The van der Waals surface area contributed by atoms with Crippen LogP contribution in [0.4, 0.5) is 0 Å². The molecule has 2 aromatic heterocycles. The molecule has 92 valence electrons. The van der Waals surface area contributed by atoms with Crippen LogP contribution < -0.4 is 5.73 Å². The topological polar surface area (TPSA) is 69.6 Å². The third-order valence-corrected chi connectivity index (χ3v) is 4.45. The van der Waals surface area contributed by atoms with Crippen LogP contribution in [0.15, 0.2) is 10.5 Å². The molecule has 0 fully saturated rings. The molecule has 2 rings (SSSR count). The summed E-state index contributed by atoms with van der Waals surface area (Å²) < 4.78 is 1.93. The molecular formula is C10H15N5S2. The maximum absolute atomic E-state index is 5.55. The van der Waals surface area contributed by atoms with Gasteiger partial charge in [-0.05, 0) is 6.42 Å². The summed E-state index contributed by atoms with van der Waals surface area (Å²) in [4.78, 5) is 4.52. The molecule has 0 saturated heterocycles. The number of hydrogen-bond acceptors (Lipinski definition) is 6. The van der Waals surface area contributed by atoms with Crippen LogP contribution in [-0.2, 0) is 25.8 Å². The van der Waals surface area contributed by atoms with E-state index in [1.54, 1.807) is 23.1 Å². The molecule has 0 spiro atoms. The van der Waals surface area contributed by atoms with Gasteiger partial charge >= 0.3 is 0 Å². The second kappa shape index (κ2) is 5.61. The van der Waals surface area contributed by atoms with Crippen molar-refractivity contribution in [3.8, 4) is 0 Å². The van der Waals surface area contributed by atoms with Gasteiger partial charge in [0.15, 0.2) is 5.16 Å². The van der Waals surface area contributed by atoms with Crippen molar-refractivity contribution in [3.63, 3.8) is 0 Å². The van der Waals surface area contributed by atoms with Crippen LogP contribution in [0.25, 0.3) is 0 Å². The van der Waals surface area contributed by atoms with Gasteiger partial charge in [-0.1, -0.05) is 18.7 Å². The van der Waals surface area contributed by atoms with E-state index in [1.807, 2.05) is 11.6 Å². The van der Waals surface area contributed by atoms with E-state index < -0.39 is 0 Å². The van der Waals surface area contributed by atoms with Gasteiger partial charge in [0.25, 0.3) is 0 Å². The Morgan fingerprint density at radius 2 is 2.29 bits per heavy atom. The van der Waals surface area contributed by atoms with Crippen molar-refractivity contribution in [3.05, 3.63) is 21.9 Å². The van der Waals surface area contributed by atoms with Gasteiger partial charge in [0.1, 0.15) is 5.82 Å². The number of aryl methyl sites for hydroxylation is 1. The molecule has 0 amide bonds. The standard InChI is InChI=1S/C10H15N5S2/c1-3-9-12-7(5-16-9)6-17-10-14-13-8(4-11)15(10)2/h5H,3-4,6,11H2,1-2H3. The minimum Gasteiger partial charge on any atom is -0.324 e. The van der Waals surface area contributed by atoms with E-state index in [2.05, 4.69) is 27.5 Å². The normalized spacial score (nSPS) is 11.0. The quantitative estimate of drug-likeness (QED) is 0.835. The lowest BCUT2D eigenvalue weighted by Crippen LogP contribution is -2.05. The molecule has 0 aliphatic rings. The molecule has 17 heavy (non-hydrogen) atoms. The van der Waals surface area contributed by atoms with Gasteiger partial charge in [-0.3, -0.25) is 0 Å². The molecule has 5 nitrogen and oxygen atoms in total. The Morgan fingerprint density at radius 3 is 2.88 bits per heavy atom. The number of hydrogen-bond donors (Lipinski definition) is 1. The van der Waals surface area contributed by atoms with Gasteiger partial charge in [0.05, 0.1) is 17.2 Å². The highest BCUT2D eigenvalue weighted by atomic mass is 32.2. The first kappa shape index (κ1) is 12.5. The zero-order valence-electron chi connectivity index (χ0n) is 9.88. The largest absolute Gasteiger partial charge is 0.324 e. The zero-order valence-corrected chi connectivity index (χ0v) is 11.5.